The molecule has 1 aromatic carbocycles. The van der Waals surface area contributed by atoms with Crippen molar-refractivity contribution in [3.63, 3.8) is 0 Å². The minimum absolute atomic E-state index is 0.00838. The van der Waals surface area contributed by atoms with Gasteiger partial charge in [0, 0.05) is 17.1 Å². The van der Waals surface area contributed by atoms with Crippen molar-refractivity contribution in [1.29, 1.82) is 0 Å². The first-order valence-electron chi connectivity index (χ1n) is 5.53. The largest absolute Gasteiger partial charge is 0.493 e. The van der Waals surface area contributed by atoms with Crippen LogP contribution in [0.4, 0.5) is 0 Å². The summed E-state index contributed by atoms with van der Waals surface area (Å²) in [6.07, 6.45) is 2.17. The lowest BCUT2D eigenvalue weighted by Crippen LogP contribution is -1.96. The van der Waals surface area contributed by atoms with Crippen molar-refractivity contribution in [2.45, 2.75) is 0 Å². The maximum Gasteiger partial charge on any atom is 0.229 e. The summed E-state index contributed by atoms with van der Waals surface area (Å²) in [5.74, 6) is 0.305. The third-order valence-electron chi connectivity index (χ3n) is 2.63. The van der Waals surface area contributed by atoms with Crippen LogP contribution < -0.4 is 0 Å². The maximum absolute atomic E-state index is 10.9. The van der Waals surface area contributed by atoms with E-state index in [1.807, 2.05) is 30.3 Å². The number of imidazole rings is 1. The number of thiazole rings is 1. The van der Waals surface area contributed by atoms with E-state index in [2.05, 4.69) is 9.97 Å². The topological polar surface area (TPSA) is 68.0 Å². The number of hydrogen-bond acceptors (Lipinski definition) is 5. The van der Waals surface area contributed by atoms with Crippen molar-refractivity contribution in [1.82, 2.24) is 14.5 Å². The first-order chi connectivity index (χ1) is 9.31. The van der Waals surface area contributed by atoms with Crippen LogP contribution in [0.25, 0.3) is 16.5 Å². The predicted molar refractivity (Wildman–Crippen MR) is 71.7 cm³/mol. The quantitative estimate of drug-likeness (QED) is 0.743. The van der Waals surface area contributed by atoms with Gasteiger partial charge in [0.05, 0.1) is 0 Å². The lowest BCUT2D eigenvalue weighted by Gasteiger charge is -2.04. The molecule has 0 aliphatic heterocycles. The summed E-state index contributed by atoms with van der Waals surface area (Å²) in [5, 5.41) is 12.4. The zero-order valence-electron chi connectivity index (χ0n) is 9.72. The molecule has 0 atom stereocenters. The molecule has 0 saturated heterocycles. The Hall–Kier alpha value is -2.47. The van der Waals surface area contributed by atoms with Crippen molar-refractivity contribution in [2.75, 3.05) is 0 Å². The van der Waals surface area contributed by atoms with Gasteiger partial charge in [-0.1, -0.05) is 30.3 Å². The fourth-order valence-electron chi connectivity index (χ4n) is 1.80. The third-order valence-corrected chi connectivity index (χ3v) is 3.39. The first-order valence-corrected chi connectivity index (χ1v) is 6.41. The first kappa shape index (κ1) is 11.6. The van der Waals surface area contributed by atoms with Gasteiger partial charge in [0.25, 0.3) is 0 Å². The summed E-state index contributed by atoms with van der Waals surface area (Å²) in [7, 11) is 0. The number of aromatic hydroxyl groups is 1. The lowest BCUT2D eigenvalue weighted by atomic mass is 10.2. The van der Waals surface area contributed by atoms with Crippen molar-refractivity contribution in [3.8, 4) is 22.4 Å². The lowest BCUT2D eigenvalue weighted by molar-refractivity contribution is 0.111. The minimum atomic E-state index is -0.191. The standard InChI is InChI=1S/C13H9N3O2S/c17-8-10-12(18)16(13-14-6-7-19-13)11(15-10)9-4-2-1-3-5-9/h1-8,18H. The van der Waals surface area contributed by atoms with Crippen LogP contribution in [0.15, 0.2) is 41.9 Å². The van der Waals surface area contributed by atoms with Crippen LogP contribution in [0.2, 0.25) is 0 Å². The van der Waals surface area contributed by atoms with Crippen LogP contribution in [0.1, 0.15) is 10.5 Å². The number of hydrogen-bond donors (Lipinski definition) is 1. The molecule has 2 heterocycles. The normalized spacial score (nSPS) is 10.5. The van der Waals surface area contributed by atoms with E-state index in [1.54, 1.807) is 11.6 Å². The number of carbonyl (C=O) groups is 1. The molecule has 5 nitrogen and oxygen atoms in total. The molecular weight excluding hydrogens is 262 g/mol. The molecule has 2 aromatic heterocycles. The molecule has 0 unspecified atom stereocenters. The molecule has 19 heavy (non-hydrogen) atoms. The molecule has 0 fully saturated rings. The molecule has 0 aliphatic carbocycles. The SMILES string of the molecule is O=Cc1nc(-c2ccccc2)n(-c2nccs2)c1O. The van der Waals surface area contributed by atoms with Crippen LogP contribution in [0.5, 0.6) is 5.88 Å². The zero-order chi connectivity index (χ0) is 13.2. The number of carbonyl (C=O) groups excluding carboxylic acids is 1. The summed E-state index contributed by atoms with van der Waals surface area (Å²) in [6.45, 7) is 0. The Bertz CT molecular complexity index is 705. The van der Waals surface area contributed by atoms with Crippen LogP contribution >= 0.6 is 11.3 Å². The van der Waals surface area contributed by atoms with E-state index in [0.29, 0.717) is 17.2 Å². The van der Waals surface area contributed by atoms with Crippen LogP contribution in [0, 0.1) is 0 Å². The summed E-state index contributed by atoms with van der Waals surface area (Å²) >= 11 is 1.36. The molecule has 3 aromatic rings. The maximum atomic E-state index is 10.9. The fraction of sp³-hybridized carbons (Fsp3) is 0. The van der Waals surface area contributed by atoms with Gasteiger partial charge in [0.2, 0.25) is 5.88 Å². The highest BCUT2D eigenvalue weighted by molar-refractivity contribution is 7.12. The molecule has 0 spiro atoms. The highest BCUT2D eigenvalue weighted by atomic mass is 32.1. The molecule has 0 aliphatic rings. The molecule has 0 bridgehead atoms. The second-order valence-corrected chi connectivity index (χ2v) is 4.65. The Labute approximate surface area is 112 Å². The molecule has 3 rings (SSSR count). The number of rotatable bonds is 3. The number of aldehydes is 1. The predicted octanol–water partition coefficient (Wildman–Crippen LogP) is 2.51. The average molecular weight is 271 g/mol. The molecule has 0 saturated carbocycles. The Balaban J connectivity index is 2.27. The van der Waals surface area contributed by atoms with Gasteiger partial charge in [-0.25, -0.2) is 14.5 Å². The fourth-order valence-corrected chi connectivity index (χ4v) is 2.44. The van der Waals surface area contributed by atoms with E-state index in [4.69, 9.17) is 0 Å². The van der Waals surface area contributed by atoms with E-state index in [9.17, 15) is 9.90 Å². The van der Waals surface area contributed by atoms with Gasteiger partial charge in [0.1, 0.15) is 5.82 Å². The monoisotopic (exact) mass is 271 g/mol. The molecule has 0 radical (unpaired) electrons. The van der Waals surface area contributed by atoms with E-state index >= 15 is 0 Å². The van der Waals surface area contributed by atoms with Crippen LogP contribution in [0.3, 0.4) is 0 Å². The van der Waals surface area contributed by atoms with Gasteiger partial charge in [0.15, 0.2) is 17.1 Å². The van der Waals surface area contributed by atoms with Gasteiger partial charge in [-0.15, -0.1) is 11.3 Å². The van der Waals surface area contributed by atoms with Gasteiger partial charge in [-0.05, 0) is 0 Å². The van der Waals surface area contributed by atoms with Crippen molar-refractivity contribution in [2.24, 2.45) is 0 Å². The summed E-state index contributed by atoms with van der Waals surface area (Å²) in [6, 6.07) is 9.35. The summed E-state index contributed by atoms with van der Waals surface area (Å²) in [5.41, 5.74) is 0.815. The molecule has 6 heteroatoms. The highest BCUT2D eigenvalue weighted by Gasteiger charge is 2.19. The van der Waals surface area contributed by atoms with Crippen molar-refractivity contribution < 1.29 is 9.90 Å². The highest BCUT2D eigenvalue weighted by Crippen LogP contribution is 2.30. The Morgan fingerprint density at radius 2 is 2.05 bits per heavy atom. The Morgan fingerprint density at radius 1 is 1.26 bits per heavy atom. The minimum Gasteiger partial charge on any atom is -0.493 e. The van der Waals surface area contributed by atoms with Crippen LogP contribution in [-0.4, -0.2) is 25.9 Å². The van der Waals surface area contributed by atoms with Gasteiger partial charge >= 0.3 is 0 Å². The number of aromatic nitrogens is 3. The second kappa shape index (κ2) is 4.66. The third kappa shape index (κ3) is 1.92. The number of nitrogens with zero attached hydrogens (tertiary/aromatic N) is 3. The smallest absolute Gasteiger partial charge is 0.229 e. The average Bonchev–Trinajstić information content (AvgIpc) is 3.07. The Kier molecular flexibility index (Phi) is 2.85. The molecule has 94 valence electrons. The van der Waals surface area contributed by atoms with Crippen molar-refractivity contribution >= 4 is 17.6 Å². The molecule has 0 amide bonds. The Morgan fingerprint density at radius 3 is 2.68 bits per heavy atom. The summed E-state index contributed by atoms with van der Waals surface area (Å²) in [4.78, 5) is 19.3. The van der Waals surface area contributed by atoms with Gasteiger partial charge in [-0.2, -0.15) is 0 Å². The van der Waals surface area contributed by atoms with E-state index in [1.165, 1.54) is 15.9 Å². The number of benzene rings is 1. The molecular formula is C13H9N3O2S. The van der Waals surface area contributed by atoms with Crippen molar-refractivity contribution in [3.05, 3.63) is 47.6 Å². The molecule has 1 N–H and O–H groups in total. The second-order valence-electron chi connectivity index (χ2n) is 3.78. The summed E-state index contributed by atoms with van der Waals surface area (Å²) < 4.78 is 1.48. The van der Waals surface area contributed by atoms with E-state index < -0.39 is 0 Å². The van der Waals surface area contributed by atoms with E-state index in [0.717, 1.165) is 5.56 Å². The van der Waals surface area contributed by atoms with Gasteiger partial charge in [-0.3, -0.25) is 4.79 Å². The zero-order valence-corrected chi connectivity index (χ0v) is 10.5. The van der Waals surface area contributed by atoms with E-state index in [-0.39, 0.29) is 11.6 Å². The van der Waals surface area contributed by atoms with Crippen LogP contribution in [-0.2, 0) is 0 Å². The van der Waals surface area contributed by atoms with Gasteiger partial charge < -0.3 is 5.11 Å².